The highest BCUT2D eigenvalue weighted by Crippen LogP contribution is 2.64. The van der Waals surface area contributed by atoms with Crippen molar-refractivity contribution >= 4 is 17.3 Å². The molecule has 0 radical (unpaired) electrons. The minimum absolute atomic E-state index is 0.0325. The van der Waals surface area contributed by atoms with Crippen LogP contribution in [0, 0.1) is 34.5 Å². The molecule has 0 aromatic heterocycles. The van der Waals surface area contributed by atoms with Crippen LogP contribution in [0.2, 0.25) is 0 Å². The molecule has 4 aliphatic rings. The molecule has 0 saturated heterocycles. The summed E-state index contributed by atoms with van der Waals surface area (Å²) in [6.45, 7) is 4.51. The topological polar surface area (TPSA) is 66.7 Å². The van der Waals surface area contributed by atoms with Crippen LogP contribution in [0.15, 0.2) is 5.16 Å². The van der Waals surface area contributed by atoms with E-state index in [-0.39, 0.29) is 16.6 Å². The molecule has 4 aliphatic carbocycles. The Labute approximate surface area is 137 Å². The smallest absolute Gasteiger partial charge is 0.180 e. The minimum atomic E-state index is -0.0945. The van der Waals surface area contributed by atoms with Gasteiger partial charge in [-0.15, -0.1) is 0 Å². The second kappa shape index (κ2) is 4.90. The van der Waals surface area contributed by atoms with Gasteiger partial charge in [0.05, 0.1) is 0 Å². The zero-order valence-electron chi connectivity index (χ0n) is 14.2. The lowest BCUT2D eigenvalue weighted by molar-refractivity contribution is -0.138. The highest BCUT2D eigenvalue weighted by atomic mass is 16.4. The fourth-order valence-electron chi connectivity index (χ4n) is 6.81. The number of Topliss-reactive ketones (excluding diaryl/α,β-unsaturated/α-hetero) is 2. The van der Waals surface area contributed by atoms with E-state index in [4.69, 9.17) is 0 Å². The first-order chi connectivity index (χ1) is 10.9. The molecule has 126 valence electrons. The van der Waals surface area contributed by atoms with Gasteiger partial charge in [0.25, 0.3) is 0 Å². The Morgan fingerprint density at radius 1 is 1.09 bits per heavy atom. The summed E-state index contributed by atoms with van der Waals surface area (Å²) in [6, 6.07) is 0. The second-order valence-electron chi connectivity index (χ2n) is 8.93. The molecule has 6 atom stereocenters. The fraction of sp³-hybridized carbons (Fsp3) is 0.842. The van der Waals surface area contributed by atoms with Crippen molar-refractivity contribution in [3.8, 4) is 0 Å². The van der Waals surface area contributed by atoms with Crippen LogP contribution in [0.5, 0.6) is 0 Å². The molecule has 0 spiro atoms. The standard InChI is InChI=1S/C19H27NO3/c1-18-8-7-14-12(13(18)5-6-17(18)22)4-3-11-9-16(21)15(20-23)10-19(11,14)2/h11-14,23H,3-10H2,1-2H3/t11?,12-,13-,14-,18-,19-/m0/s1. The zero-order valence-corrected chi connectivity index (χ0v) is 14.2. The molecule has 0 aromatic carbocycles. The van der Waals surface area contributed by atoms with Crippen molar-refractivity contribution in [3.63, 3.8) is 0 Å². The van der Waals surface area contributed by atoms with E-state index >= 15 is 0 Å². The summed E-state index contributed by atoms with van der Waals surface area (Å²) >= 11 is 0. The van der Waals surface area contributed by atoms with Crippen LogP contribution in [-0.2, 0) is 9.59 Å². The third-order valence-electron chi connectivity index (χ3n) is 8.20. The maximum atomic E-state index is 12.4. The predicted octanol–water partition coefficient (Wildman–Crippen LogP) is 3.61. The van der Waals surface area contributed by atoms with E-state index in [1.807, 2.05) is 0 Å². The van der Waals surface area contributed by atoms with E-state index in [1.54, 1.807) is 0 Å². The SMILES string of the molecule is C[C@]12CC(=NO)C(=O)CC1CC[C@@H]1[C@@H]2CC[C@]2(C)C(=O)CC[C@@H]12. The number of carbonyl (C=O) groups excluding carboxylic acids is 2. The van der Waals surface area contributed by atoms with Crippen LogP contribution < -0.4 is 0 Å². The lowest BCUT2D eigenvalue weighted by Crippen LogP contribution is -2.55. The molecule has 0 aromatic rings. The summed E-state index contributed by atoms with van der Waals surface area (Å²) in [5.74, 6) is 2.63. The maximum absolute atomic E-state index is 12.4. The summed E-state index contributed by atoms with van der Waals surface area (Å²) in [4.78, 5) is 24.5. The average molecular weight is 317 g/mol. The molecule has 1 unspecified atom stereocenters. The Morgan fingerprint density at radius 2 is 1.87 bits per heavy atom. The summed E-state index contributed by atoms with van der Waals surface area (Å²) in [5, 5.41) is 12.5. The van der Waals surface area contributed by atoms with E-state index in [0.717, 1.165) is 38.5 Å². The van der Waals surface area contributed by atoms with E-state index < -0.39 is 0 Å². The highest BCUT2D eigenvalue weighted by molar-refractivity contribution is 6.40. The molecule has 4 saturated carbocycles. The van der Waals surface area contributed by atoms with Crippen LogP contribution >= 0.6 is 0 Å². The van der Waals surface area contributed by atoms with Gasteiger partial charge in [-0.2, -0.15) is 0 Å². The van der Waals surface area contributed by atoms with Crippen molar-refractivity contribution < 1.29 is 14.8 Å². The molecule has 4 rings (SSSR count). The van der Waals surface area contributed by atoms with Gasteiger partial charge in [0, 0.05) is 24.7 Å². The average Bonchev–Trinajstić information content (AvgIpc) is 2.83. The van der Waals surface area contributed by atoms with Crippen LogP contribution in [-0.4, -0.2) is 22.5 Å². The Bertz CT molecular complexity index is 597. The van der Waals surface area contributed by atoms with Gasteiger partial charge in [-0.05, 0) is 61.2 Å². The summed E-state index contributed by atoms with van der Waals surface area (Å²) in [6.07, 6.45) is 7.30. The predicted molar refractivity (Wildman–Crippen MR) is 86.3 cm³/mol. The molecule has 0 amide bonds. The Hall–Kier alpha value is -1.19. The van der Waals surface area contributed by atoms with Gasteiger partial charge < -0.3 is 5.21 Å². The molecule has 23 heavy (non-hydrogen) atoms. The minimum Gasteiger partial charge on any atom is -0.411 e. The van der Waals surface area contributed by atoms with Crippen molar-refractivity contribution in [1.29, 1.82) is 0 Å². The first-order valence-corrected chi connectivity index (χ1v) is 9.17. The number of nitrogens with zero attached hydrogens (tertiary/aromatic N) is 1. The molecule has 0 heterocycles. The lowest BCUT2D eigenvalue weighted by Gasteiger charge is -2.59. The van der Waals surface area contributed by atoms with Gasteiger partial charge in [0.2, 0.25) is 0 Å². The van der Waals surface area contributed by atoms with Gasteiger partial charge in [-0.3, -0.25) is 9.59 Å². The molecule has 4 heteroatoms. The number of carbonyl (C=O) groups is 2. The largest absolute Gasteiger partial charge is 0.411 e. The fourth-order valence-corrected chi connectivity index (χ4v) is 6.81. The quantitative estimate of drug-likeness (QED) is 0.548. The van der Waals surface area contributed by atoms with E-state index in [0.29, 0.717) is 48.0 Å². The number of hydrogen-bond donors (Lipinski definition) is 1. The number of ketones is 2. The molecule has 0 bridgehead atoms. The normalized spacial score (nSPS) is 51.3. The van der Waals surface area contributed by atoms with Crippen LogP contribution in [0.25, 0.3) is 0 Å². The van der Waals surface area contributed by atoms with E-state index in [2.05, 4.69) is 19.0 Å². The lowest BCUT2D eigenvalue weighted by atomic mass is 9.45. The Balaban J connectivity index is 1.68. The molecule has 4 nitrogen and oxygen atoms in total. The summed E-state index contributed by atoms with van der Waals surface area (Å²) < 4.78 is 0. The number of oxime groups is 1. The third-order valence-corrected chi connectivity index (χ3v) is 8.20. The van der Waals surface area contributed by atoms with Crippen molar-refractivity contribution in [2.24, 2.45) is 39.7 Å². The Morgan fingerprint density at radius 3 is 2.61 bits per heavy atom. The first-order valence-electron chi connectivity index (χ1n) is 9.17. The van der Waals surface area contributed by atoms with Gasteiger partial charge in [0.1, 0.15) is 11.5 Å². The molecular formula is C19H27NO3. The molecule has 0 aliphatic heterocycles. The molecular weight excluding hydrogens is 290 g/mol. The summed E-state index contributed by atoms with van der Waals surface area (Å²) in [5.41, 5.74) is 0.342. The first kappa shape index (κ1) is 15.3. The van der Waals surface area contributed by atoms with Gasteiger partial charge >= 0.3 is 0 Å². The second-order valence-corrected chi connectivity index (χ2v) is 8.93. The Kier molecular flexibility index (Phi) is 3.27. The number of fused-ring (bicyclic) bond motifs is 5. The van der Waals surface area contributed by atoms with Crippen molar-refractivity contribution in [2.45, 2.75) is 65.2 Å². The summed E-state index contributed by atoms with van der Waals surface area (Å²) in [7, 11) is 0. The maximum Gasteiger partial charge on any atom is 0.180 e. The molecule has 4 fully saturated rings. The van der Waals surface area contributed by atoms with Gasteiger partial charge in [-0.1, -0.05) is 19.0 Å². The molecule has 1 N–H and O–H groups in total. The number of rotatable bonds is 0. The highest BCUT2D eigenvalue weighted by Gasteiger charge is 2.60. The third kappa shape index (κ3) is 1.93. The van der Waals surface area contributed by atoms with Crippen molar-refractivity contribution in [2.75, 3.05) is 0 Å². The van der Waals surface area contributed by atoms with Crippen molar-refractivity contribution in [3.05, 3.63) is 0 Å². The number of hydrogen-bond acceptors (Lipinski definition) is 4. The monoisotopic (exact) mass is 317 g/mol. The van der Waals surface area contributed by atoms with E-state index in [9.17, 15) is 14.8 Å². The van der Waals surface area contributed by atoms with Crippen LogP contribution in [0.1, 0.15) is 65.2 Å². The van der Waals surface area contributed by atoms with Crippen molar-refractivity contribution in [1.82, 2.24) is 0 Å². The van der Waals surface area contributed by atoms with Crippen LogP contribution in [0.3, 0.4) is 0 Å². The van der Waals surface area contributed by atoms with E-state index in [1.165, 1.54) is 0 Å². The van der Waals surface area contributed by atoms with Crippen LogP contribution in [0.4, 0.5) is 0 Å². The van der Waals surface area contributed by atoms with Gasteiger partial charge in [-0.25, -0.2) is 0 Å². The van der Waals surface area contributed by atoms with Gasteiger partial charge in [0.15, 0.2) is 5.78 Å². The zero-order chi connectivity index (χ0) is 16.4.